The Morgan fingerprint density at radius 3 is 2.48 bits per heavy atom. The predicted octanol–water partition coefficient (Wildman–Crippen LogP) is 4.19. The molecule has 3 aromatic rings. The van der Waals surface area contributed by atoms with Gasteiger partial charge in [0.2, 0.25) is 5.88 Å². The van der Waals surface area contributed by atoms with Crippen LogP contribution >= 0.6 is 15.9 Å². The number of rotatable bonds is 4. The van der Waals surface area contributed by atoms with E-state index >= 15 is 0 Å². The third kappa shape index (κ3) is 3.82. The van der Waals surface area contributed by atoms with Crippen molar-refractivity contribution in [3.8, 4) is 17.6 Å². The van der Waals surface area contributed by atoms with E-state index in [-0.39, 0.29) is 17.0 Å². The van der Waals surface area contributed by atoms with Crippen LogP contribution in [0.2, 0.25) is 0 Å². The topological polar surface area (TPSA) is 90.3 Å². The maximum Gasteiger partial charge on any atom is 0.259 e. The molecule has 31 heavy (non-hydrogen) atoms. The molecule has 0 saturated carbocycles. The van der Waals surface area contributed by atoms with Crippen molar-refractivity contribution >= 4 is 15.9 Å². The first-order chi connectivity index (χ1) is 14.9. The number of nitrogens with zero attached hydrogens (tertiary/aromatic N) is 2. The van der Waals surface area contributed by atoms with E-state index in [1.807, 2.05) is 55.5 Å². The van der Waals surface area contributed by atoms with Crippen molar-refractivity contribution < 1.29 is 9.47 Å². The molecule has 0 saturated heterocycles. The van der Waals surface area contributed by atoms with Crippen molar-refractivity contribution in [1.29, 1.82) is 5.26 Å². The van der Waals surface area contributed by atoms with Gasteiger partial charge in [-0.25, -0.2) is 0 Å². The van der Waals surface area contributed by atoms with Crippen molar-refractivity contribution in [2.75, 3.05) is 7.11 Å². The second kappa shape index (κ2) is 8.32. The third-order valence-electron chi connectivity index (χ3n) is 5.39. The standard InChI is InChI=1S/C24H20BrN3O3/c1-14-11-20-22(24(29)28(14)13-15-3-9-18(30-2)10-4-15)21(19(12-26)23(27)31-20)16-5-7-17(25)8-6-16/h3-11,21H,13,27H2,1-2H3/t21-/m0/s1. The van der Waals surface area contributed by atoms with Gasteiger partial charge in [0.05, 0.1) is 25.1 Å². The van der Waals surface area contributed by atoms with E-state index in [4.69, 9.17) is 15.2 Å². The van der Waals surface area contributed by atoms with Gasteiger partial charge < -0.3 is 19.8 Å². The van der Waals surface area contributed by atoms with Crippen LogP contribution in [0.3, 0.4) is 0 Å². The molecule has 1 atom stereocenters. The second-order valence-electron chi connectivity index (χ2n) is 7.28. The highest BCUT2D eigenvalue weighted by Crippen LogP contribution is 2.40. The van der Waals surface area contributed by atoms with Crippen LogP contribution in [0.4, 0.5) is 0 Å². The van der Waals surface area contributed by atoms with Gasteiger partial charge in [-0.1, -0.05) is 40.2 Å². The molecule has 7 heteroatoms. The van der Waals surface area contributed by atoms with E-state index < -0.39 is 5.92 Å². The summed E-state index contributed by atoms with van der Waals surface area (Å²) >= 11 is 3.43. The number of aryl methyl sites for hydroxylation is 1. The zero-order chi connectivity index (χ0) is 22.1. The lowest BCUT2D eigenvalue weighted by atomic mass is 9.84. The number of methoxy groups -OCH3 is 1. The lowest BCUT2D eigenvalue weighted by molar-refractivity contribution is 0.389. The number of benzene rings is 2. The highest BCUT2D eigenvalue weighted by Gasteiger charge is 2.34. The van der Waals surface area contributed by atoms with Gasteiger partial charge in [0.1, 0.15) is 23.1 Å². The number of nitrogens with two attached hydrogens (primary N) is 1. The van der Waals surface area contributed by atoms with Crippen LogP contribution in [0.5, 0.6) is 11.5 Å². The predicted molar refractivity (Wildman–Crippen MR) is 121 cm³/mol. The monoisotopic (exact) mass is 477 g/mol. The van der Waals surface area contributed by atoms with Crippen molar-refractivity contribution in [2.45, 2.75) is 19.4 Å². The molecule has 0 unspecified atom stereocenters. The first kappa shape index (κ1) is 20.8. The number of hydrogen-bond acceptors (Lipinski definition) is 5. The van der Waals surface area contributed by atoms with Crippen LogP contribution in [0.1, 0.15) is 28.3 Å². The van der Waals surface area contributed by atoms with Crippen LogP contribution < -0.4 is 20.8 Å². The molecular weight excluding hydrogens is 458 g/mol. The van der Waals surface area contributed by atoms with Crippen LogP contribution in [0.25, 0.3) is 0 Å². The van der Waals surface area contributed by atoms with E-state index in [0.29, 0.717) is 17.9 Å². The van der Waals surface area contributed by atoms with Gasteiger partial charge in [-0.3, -0.25) is 4.79 Å². The maximum atomic E-state index is 13.7. The van der Waals surface area contributed by atoms with Gasteiger partial charge in [0.25, 0.3) is 5.56 Å². The smallest absolute Gasteiger partial charge is 0.259 e. The van der Waals surface area contributed by atoms with E-state index in [1.165, 1.54) is 0 Å². The summed E-state index contributed by atoms with van der Waals surface area (Å²) in [6, 6.07) is 19.0. The number of halogens is 1. The molecule has 0 fully saturated rings. The Hall–Kier alpha value is -3.50. The zero-order valence-electron chi connectivity index (χ0n) is 17.1. The summed E-state index contributed by atoms with van der Waals surface area (Å²) in [6.45, 7) is 2.24. The Labute approximate surface area is 188 Å². The minimum Gasteiger partial charge on any atom is -0.497 e. The van der Waals surface area contributed by atoms with Gasteiger partial charge in [-0.05, 0) is 42.3 Å². The first-order valence-electron chi connectivity index (χ1n) is 9.63. The molecule has 1 aliphatic heterocycles. The molecule has 0 amide bonds. The first-order valence-corrected chi connectivity index (χ1v) is 10.4. The molecule has 4 rings (SSSR count). The van der Waals surface area contributed by atoms with Crippen molar-refractivity contribution in [3.05, 3.63) is 103 Å². The molecule has 6 nitrogen and oxygen atoms in total. The maximum absolute atomic E-state index is 13.7. The average Bonchev–Trinajstić information content (AvgIpc) is 2.77. The zero-order valence-corrected chi connectivity index (χ0v) is 18.6. The third-order valence-corrected chi connectivity index (χ3v) is 5.92. The normalized spacial score (nSPS) is 15.1. The Bertz CT molecular complexity index is 1270. The largest absolute Gasteiger partial charge is 0.497 e. The van der Waals surface area contributed by atoms with Crippen molar-refractivity contribution in [2.24, 2.45) is 5.73 Å². The fourth-order valence-electron chi connectivity index (χ4n) is 3.78. The summed E-state index contributed by atoms with van der Waals surface area (Å²) in [7, 11) is 1.61. The minimum absolute atomic E-state index is 0.0228. The molecule has 0 bridgehead atoms. The van der Waals surface area contributed by atoms with Gasteiger partial charge >= 0.3 is 0 Å². The average molecular weight is 478 g/mol. The van der Waals surface area contributed by atoms with E-state index in [1.54, 1.807) is 17.7 Å². The fourth-order valence-corrected chi connectivity index (χ4v) is 4.05. The summed E-state index contributed by atoms with van der Waals surface area (Å²) in [5.74, 6) is 0.561. The molecule has 0 radical (unpaired) electrons. The number of hydrogen-bond donors (Lipinski definition) is 1. The molecule has 1 aliphatic rings. The van der Waals surface area contributed by atoms with Crippen LogP contribution in [0, 0.1) is 18.3 Å². The SMILES string of the molecule is COc1ccc(Cn2c(C)cc3c(c2=O)[C@@H](c2ccc(Br)cc2)C(C#N)=C(N)O3)cc1. The number of ether oxygens (including phenoxy) is 2. The van der Waals surface area contributed by atoms with Gasteiger partial charge in [0.15, 0.2) is 0 Å². The van der Waals surface area contributed by atoms with Crippen LogP contribution in [-0.2, 0) is 6.54 Å². The second-order valence-corrected chi connectivity index (χ2v) is 8.20. The molecular formula is C24H20BrN3O3. The van der Waals surface area contributed by atoms with Gasteiger partial charge in [-0.15, -0.1) is 0 Å². The Morgan fingerprint density at radius 2 is 1.87 bits per heavy atom. The number of fused-ring (bicyclic) bond motifs is 1. The highest BCUT2D eigenvalue weighted by atomic mass is 79.9. The van der Waals surface area contributed by atoms with Crippen LogP contribution in [0.15, 0.2) is 75.3 Å². The molecule has 0 spiro atoms. The van der Waals surface area contributed by atoms with E-state index in [2.05, 4.69) is 22.0 Å². The summed E-state index contributed by atoms with van der Waals surface area (Å²) in [4.78, 5) is 13.7. The Morgan fingerprint density at radius 1 is 1.19 bits per heavy atom. The van der Waals surface area contributed by atoms with E-state index in [0.717, 1.165) is 27.0 Å². The van der Waals surface area contributed by atoms with E-state index in [9.17, 15) is 10.1 Å². The number of nitriles is 1. The lowest BCUT2D eigenvalue weighted by Gasteiger charge is -2.27. The summed E-state index contributed by atoms with van der Waals surface area (Å²) < 4.78 is 13.5. The molecule has 2 aromatic carbocycles. The number of aromatic nitrogens is 1. The molecule has 2 heterocycles. The fraction of sp³-hybridized carbons (Fsp3) is 0.167. The summed E-state index contributed by atoms with van der Waals surface area (Å²) in [6.07, 6.45) is 0. The number of allylic oxidation sites excluding steroid dienone is 1. The van der Waals surface area contributed by atoms with Gasteiger partial charge in [-0.2, -0.15) is 5.26 Å². The Balaban J connectivity index is 1.87. The summed E-state index contributed by atoms with van der Waals surface area (Å²) in [5, 5.41) is 9.77. The van der Waals surface area contributed by atoms with Crippen molar-refractivity contribution in [3.63, 3.8) is 0 Å². The molecule has 2 N–H and O–H groups in total. The number of pyridine rings is 1. The lowest BCUT2D eigenvalue weighted by Crippen LogP contribution is -2.33. The minimum atomic E-state index is -0.600. The molecule has 1 aromatic heterocycles. The van der Waals surface area contributed by atoms with Crippen LogP contribution in [-0.4, -0.2) is 11.7 Å². The van der Waals surface area contributed by atoms with Crippen molar-refractivity contribution in [1.82, 2.24) is 4.57 Å². The molecule has 156 valence electrons. The molecule has 0 aliphatic carbocycles. The summed E-state index contributed by atoms with van der Waals surface area (Å²) in [5.41, 5.74) is 8.98. The Kier molecular flexibility index (Phi) is 5.57. The highest BCUT2D eigenvalue weighted by molar-refractivity contribution is 9.10. The van der Waals surface area contributed by atoms with Gasteiger partial charge in [0, 0.05) is 16.2 Å². The quantitative estimate of drug-likeness (QED) is 0.607.